The number of halogens is 1. The number of aromatic amines is 1. The van der Waals surface area contributed by atoms with Crippen LogP contribution >= 0.6 is 0 Å². The number of benzene rings is 2. The topological polar surface area (TPSA) is 102 Å². The van der Waals surface area contributed by atoms with Gasteiger partial charge in [0.05, 0.1) is 31.0 Å². The Kier molecular flexibility index (Phi) is 7.04. The summed E-state index contributed by atoms with van der Waals surface area (Å²) in [5.41, 5.74) is 2.93. The molecule has 4 heterocycles. The van der Waals surface area contributed by atoms with Crippen LogP contribution in [-0.2, 0) is 24.4 Å². The lowest BCUT2D eigenvalue weighted by Gasteiger charge is -2.30. The minimum Gasteiger partial charge on any atom is -0.468 e. The van der Waals surface area contributed by atoms with E-state index in [0.717, 1.165) is 34.9 Å². The molecule has 5 aromatic rings. The van der Waals surface area contributed by atoms with Gasteiger partial charge in [-0.1, -0.05) is 30.3 Å². The van der Waals surface area contributed by atoms with E-state index in [9.17, 15) is 9.18 Å². The number of para-hydroxylation sites is 1. The maximum absolute atomic E-state index is 13.7. The second-order valence-corrected chi connectivity index (χ2v) is 9.96. The Hall–Kier alpha value is -4.15. The first-order valence-electron chi connectivity index (χ1n) is 13.1. The minimum atomic E-state index is -0.634. The van der Waals surface area contributed by atoms with Gasteiger partial charge in [0, 0.05) is 18.7 Å². The van der Waals surface area contributed by atoms with E-state index in [4.69, 9.17) is 9.15 Å². The van der Waals surface area contributed by atoms with Crippen molar-refractivity contribution in [2.24, 2.45) is 0 Å². The molecule has 1 aliphatic heterocycles. The molecule has 0 radical (unpaired) electrons. The molecule has 3 aromatic heterocycles. The highest BCUT2D eigenvalue weighted by atomic mass is 19.1. The summed E-state index contributed by atoms with van der Waals surface area (Å²) in [7, 11) is 0. The molecule has 1 aliphatic rings. The number of H-pyrrole nitrogens is 1. The van der Waals surface area contributed by atoms with Crippen LogP contribution in [0.3, 0.4) is 0 Å². The summed E-state index contributed by atoms with van der Waals surface area (Å²) >= 11 is 0. The predicted octanol–water partition coefficient (Wildman–Crippen LogP) is 4.53. The van der Waals surface area contributed by atoms with Crippen LogP contribution in [0.15, 0.2) is 76.1 Å². The number of nitrogens with one attached hydrogen (secondary N) is 1. The van der Waals surface area contributed by atoms with Crippen LogP contribution in [0.2, 0.25) is 0 Å². The van der Waals surface area contributed by atoms with Crippen molar-refractivity contribution >= 4 is 10.9 Å². The number of hydrogen-bond donors (Lipinski definition) is 1. The molecular formula is C29H29FN6O3. The number of tetrazole rings is 1. The lowest BCUT2D eigenvalue weighted by molar-refractivity contribution is 0.0901. The van der Waals surface area contributed by atoms with Crippen LogP contribution in [0.1, 0.15) is 47.2 Å². The van der Waals surface area contributed by atoms with Crippen molar-refractivity contribution in [1.82, 2.24) is 30.1 Å². The second-order valence-electron chi connectivity index (χ2n) is 9.96. The van der Waals surface area contributed by atoms with Crippen molar-refractivity contribution < 1.29 is 13.5 Å². The van der Waals surface area contributed by atoms with E-state index in [1.165, 1.54) is 12.1 Å². The van der Waals surface area contributed by atoms with Crippen molar-refractivity contribution in [3.8, 4) is 0 Å². The summed E-state index contributed by atoms with van der Waals surface area (Å²) in [5.74, 6) is 0.930. The van der Waals surface area contributed by atoms with Crippen molar-refractivity contribution in [2.45, 2.75) is 51.5 Å². The van der Waals surface area contributed by atoms with Crippen molar-refractivity contribution in [2.75, 3.05) is 6.61 Å². The summed E-state index contributed by atoms with van der Waals surface area (Å²) < 4.78 is 27.1. The van der Waals surface area contributed by atoms with E-state index in [1.807, 2.05) is 43.3 Å². The number of fused-ring (bicyclic) bond motifs is 1. The molecule has 2 atom stereocenters. The first-order valence-corrected chi connectivity index (χ1v) is 13.1. The highest BCUT2D eigenvalue weighted by Crippen LogP contribution is 2.31. The van der Waals surface area contributed by atoms with Crippen LogP contribution in [0.25, 0.3) is 10.9 Å². The number of nitrogens with zero attached hydrogens (tertiary/aromatic N) is 5. The SMILES string of the molecule is Cc1cccc2cc([C@@H](c3nnnn3C[C@H]3CCCO3)N(Cc3ccc(F)cc3)Cc3ccco3)c(=O)[nH]c12. The number of hydrogen-bond acceptors (Lipinski definition) is 7. The Balaban J connectivity index is 1.50. The summed E-state index contributed by atoms with van der Waals surface area (Å²) in [6.45, 7) is 3.92. The highest BCUT2D eigenvalue weighted by molar-refractivity contribution is 5.82. The fourth-order valence-electron chi connectivity index (χ4n) is 5.29. The lowest BCUT2D eigenvalue weighted by atomic mass is 10.0. The van der Waals surface area contributed by atoms with Gasteiger partial charge in [0.1, 0.15) is 17.6 Å². The van der Waals surface area contributed by atoms with Gasteiger partial charge in [0.25, 0.3) is 5.56 Å². The van der Waals surface area contributed by atoms with Crippen LogP contribution in [0.5, 0.6) is 0 Å². The molecule has 10 heteroatoms. The van der Waals surface area contributed by atoms with E-state index in [-0.39, 0.29) is 17.5 Å². The number of aryl methyl sites for hydroxylation is 1. The van der Waals surface area contributed by atoms with Gasteiger partial charge in [-0.25, -0.2) is 9.07 Å². The summed E-state index contributed by atoms with van der Waals surface area (Å²) in [6, 6.07) is 17.3. The van der Waals surface area contributed by atoms with Crippen molar-refractivity contribution in [1.29, 1.82) is 0 Å². The van der Waals surface area contributed by atoms with E-state index < -0.39 is 6.04 Å². The smallest absolute Gasteiger partial charge is 0.253 e. The summed E-state index contributed by atoms with van der Waals surface area (Å²) in [4.78, 5) is 18.9. The largest absolute Gasteiger partial charge is 0.468 e. The summed E-state index contributed by atoms with van der Waals surface area (Å²) in [5, 5.41) is 13.7. The fourth-order valence-corrected chi connectivity index (χ4v) is 5.29. The minimum absolute atomic E-state index is 0.000981. The highest BCUT2D eigenvalue weighted by Gasteiger charge is 2.32. The third kappa shape index (κ3) is 5.39. The van der Waals surface area contributed by atoms with Gasteiger partial charge >= 0.3 is 0 Å². The molecule has 39 heavy (non-hydrogen) atoms. The molecular weight excluding hydrogens is 499 g/mol. The third-order valence-corrected chi connectivity index (χ3v) is 7.22. The van der Waals surface area contributed by atoms with Gasteiger partial charge < -0.3 is 14.1 Å². The maximum atomic E-state index is 13.7. The Morgan fingerprint density at radius 3 is 2.79 bits per heavy atom. The monoisotopic (exact) mass is 528 g/mol. The Morgan fingerprint density at radius 1 is 1.15 bits per heavy atom. The van der Waals surface area contributed by atoms with Crippen LogP contribution < -0.4 is 5.56 Å². The number of pyridine rings is 1. The normalized spacial score (nSPS) is 16.3. The van der Waals surface area contributed by atoms with Gasteiger partial charge in [-0.05, 0) is 77.0 Å². The molecule has 1 fully saturated rings. The van der Waals surface area contributed by atoms with E-state index in [2.05, 4.69) is 25.4 Å². The Morgan fingerprint density at radius 2 is 2.03 bits per heavy atom. The molecule has 0 amide bonds. The molecule has 6 rings (SSSR count). The molecule has 0 unspecified atom stereocenters. The maximum Gasteiger partial charge on any atom is 0.253 e. The van der Waals surface area contributed by atoms with Crippen molar-refractivity contribution in [3.63, 3.8) is 0 Å². The van der Waals surface area contributed by atoms with Crippen LogP contribution in [0.4, 0.5) is 4.39 Å². The number of ether oxygens (including phenoxy) is 1. The molecule has 200 valence electrons. The number of rotatable bonds is 9. The van der Waals surface area contributed by atoms with Crippen LogP contribution in [0, 0.1) is 12.7 Å². The zero-order chi connectivity index (χ0) is 26.8. The first kappa shape index (κ1) is 25.1. The Labute approximate surface area is 224 Å². The Bertz CT molecular complexity index is 1610. The fraction of sp³-hybridized carbons (Fsp3) is 0.310. The van der Waals surface area contributed by atoms with Gasteiger partial charge in [-0.3, -0.25) is 9.69 Å². The first-order chi connectivity index (χ1) is 19.0. The average molecular weight is 529 g/mol. The molecule has 0 saturated carbocycles. The number of aromatic nitrogens is 5. The van der Waals surface area contributed by atoms with E-state index in [1.54, 1.807) is 23.1 Å². The summed E-state index contributed by atoms with van der Waals surface area (Å²) in [6.07, 6.45) is 3.53. The van der Waals surface area contributed by atoms with Crippen molar-refractivity contribution in [3.05, 3.63) is 111 Å². The van der Waals surface area contributed by atoms with Crippen LogP contribution in [-0.4, -0.2) is 42.8 Å². The lowest BCUT2D eigenvalue weighted by Crippen LogP contribution is -2.35. The molecule has 0 aliphatic carbocycles. The molecule has 1 N–H and O–H groups in total. The standard InChI is InChI=1S/C29H29FN6O3/c1-19-5-2-6-21-15-25(29(37)31-26(19)21)27(28-32-33-34-36(28)18-24-8-4-14-39-24)35(17-23-7-3-13-38-23)16-20-9-11-22(30)12-10-20/h2-3,5-7,9-13,15,24,27H,4,8,14,16-18H2,1H3,(H,31,37)/t24-,27+/m1/s1. The zero-order valence-corrected chi connectivity index (χ0v) is 21.6. The zero-order valence-electron chi connectivity index (χ0n) is 21.6. The number of furan rings is 1. The third-order valence-electron chi connectivity index (χ3n) is 7.22. The average Bonchev–Trinajstić information content (AvgIpc) is 3.72. The molecule has 2 aromatic carbocycles. The molecule has 0 spiro atoms. The molecule has 9 nitrogen and oxygen atoms in total. The molecule has 0 bridgehead atoms. The van der Waals surface area contributed by atoms with Gasteiger partial charge in [-0.2, -0.15) is 0 Å². The van der Waals surface area contributed by atoms with E-state index >= 15 is 0 Å². The predicted molar refractivity (Wildman–Crippen MR) is 142 cm³/mol. The van der Waals surface area contributed by atoms with Gasteiger partial charge in [0.2, 0.25) is 0 Å². The quantitative estimate of drug-likeness (QED) is 0.300. The van der Waals surface area contributed by atoms with E-state index in [0.29, 0.717) is 43.4 Å². The van der Waals surface area contributed by atoms with Gasteiger partial charge in [0.15, 0.2) is 5.82 Å². The second kappa shape index (κ2) is 10.9. The van der Waals surface area contributed by atoms with Gasteiger partial charge in [-0.15, -0.1) is 5.10 Å². The molecule has 1 saturated heterocycles.